The van der Waals surface area contributed by atoms with Crippen molar-refractivity contribution in [2.45, 2.75) is 19.8 Å². The molecule has 0 atom stereocenters. The summed E-state index contributed by atoms with van der Waals surface area (Å²) in [5, 5.41) is 0. The third-order valence-corrected chi connectivity index (χ3v) is 2.74. The molecule has 0 aliphatic rings. The summed E-state index contributed by atoms with van der Waals surface area (Å²) in [5.74, 6) is -0.788. The second-order valence-electron chi connectivity index (χ2n) is 3.21. The van der Waals surface area contributed by atoms with E-state index in [0.29, 0.717) is 0 Å². The van der Waals surface area contributed by atoms with Crippen molar-refractivity contribution in [3.63, 3.8) is 0 Å². The molecule has 74 valence electrons. The van der Waals surface area contributed by atoms with E-state index in [9.17, 15) is 9.59 Å². The van der Waals surface area contributed by atoms with Gasteiger partial charge in [0.05, 0.1) is 0 Å². The van der Waals surface area contributed by atoms with Crippen LogP contribution in [0.2, 0.25) is 0 Å². The Balaban J connectivity index is 3.06. The van der Waals surface area contributed by atoms with Crippen molar-refractivity contribution >= 4 is 34.2 Å². The zero-order valence-corrected chi connectivity index (χ0v) is 10.2. The number of ketones is 2. The predicted molar refractivity (Wildman–Crippen MR) is 63.3 cm³/mol. The lowest BCUT2D eigenvalue weighted by atomic mass is 9.92. The molecule has 0 saturated heterocycles. The van der Waals surface area contributed by atoms with Gasteiger partial charge in [-0.05, 0) is 54.1 Å². The Morgan fingerprint density at radius 3 is 1.86 bits per heavy atom. The molecule has 0 heterocycles. The first kappa shape index (κ1) is 11.4. The molecule has 1 aromatic rings. The van der Waals surface area contributed by atoms with Crippen molar-refractivity contribution in [2.24, 2.45) is 0 Å². The van der Waals surface area contributed by atoms with Crippen LogP contribution in [-0.4, -0.2) is 11.6 Å². The van der Waals surface area contributed by atoms with Crippen LogP contribution in [0.3, 0.4) is 0 Å². The molecule has 0 aliphatic heterocycles. The van der Waals surface area contributed by atoms with Gasteiger partial charge in [0.2, 0.25) is 0 Å². The molecule has 0 fully saturated rings. The smallest absolute Gasteiger partial charge is 0.144 e. The number of carbonyl (C=O) groups excluding carboxylic acids is 2. The number of benzene rings is 1. The second kappa shape index (κ2) is 4.68. The van der Waals surface area contributed by atoms with Gasteiger partial charge in [-0.2, -0.15) is 0 Å². The molecule has 2 nitrogen and oxygen atoms in total. The van der Waals surface area contributed by atoms with Crippen molar-refractivity contribution in [3.05, 3.63) is 33.4 Å². The minimum Gasteiger partial charge on any atom is -0.299 e. The van der Waals surface area contributed by atoms with E-state index in [1.165, 1.54) is 13.8 Å². The zero-order valence-electron chi connectivity index (χ0n) is 8.08. The fraction of sp³-hybridized carbons (Fsp3) is 0.273. The number of rotatable bonds is 3. The summed E-state index contributed by atoms with van der Waals surface area (Å²) in [7, 11) is 0. The molecule has 0 N–H and O–H groups in total. The van der Waals surface area contributed by atoms with Gasteiger partial charge in [0.1, 0.15) is 17.5 Å². The summed E-state index contributed by atoms with van der Waals surface area (Å²) in [4.78, 5) is 22.5. The molecule has 0 saturated carbocycles. The Labute approximate surface area is 96.8 Å². The first-order valence-corrected chi connectivity index (χ1v) is 5.36. The topological polar surface area (TPSA) is 34.1 Å². The van der Waals surface area contributed by atoms with E-state index in [1.807, 2.05) is 24.3 Å². The maximum atomic E-state index is 11.2. The van der Waals surface area contributed by atoms with Gasteiger partial charge < -0.3 is 0 Å². The number of Topliss-reactive ketones (excluding diaryl/α,β-unsaturated/α-hetero) is 2. The number of hydrogen-bond donors (Lipinski definition) is 0. The van der Waals surface area contributed by atoms with Crippen LogP contribution >= 0.6 is 22.6 Å². The SMILES string of the molecule is CC(=O)C(C(C)=O)c1ccc(I)cc1. The van der Waals surface area contributed by atoms with Crippen LogP contribution in [0.1, 0.15) is 25.3 Å². The fourth-order valence-corrected chi connectivity index (χ4v) is 1.77. The van der Waals surface area contributed by atoms with E-state index < -0.39 is 5.92 Å². The number of hydrogen-bond acceptors (Lipinski definition) is 2. The molecule has 0 aliphatic carbocycles. The molecule has 0 amide bonds. The molecule has 0 unspecified atom stereocenters. The molecular formula is C11H11IO2. The number of carbonyl (C=O) groups is 2. The largest absolute Gasteiger partial charge is 0.299 e. The van der Waals surface area contributed by atoms with Crippen LogP contribution in [-0.2, 0) is 9.59 Å². The monoisotopic (exact) mass is 302 g/mol. The summed E-state index contributed by atoms with van der Waals surface area (Å²) >= 11 is 2.18. The predicted octanol–water partition coefficient (Wildman–Crippen LogP) is 2.55. The van der Waals surface area contributed by atoms with E-state index in [0.717, 1.165) is 9.13 Å². The molecule has 0 radical (unpaired) electrons. The van der Waals surface area contributed by atoms with Gasteiger partial charge in [-0.1, -0.05) is 12.1 Å². The molecule has 1 rings (SSSR count). The van der Waals surface area contributed by atoms with Gasteiger partial charge in [-0.25, -0.2) is 0 Å². The Morgan fingerprint density at radius 2 is 1.50 bits per heavy atom. The molecule has 0 spiro atoms. The molecular weight excluding hydrogens is 291 g/mol. The van der Waals surface area contributed by atoms with E-state index in [1.54, 1.807) is 0 Å². The zero-order chi connectivity index (χ0) is 10.7. The van der Waals surface area contributed by atoms with Crippen LogP contribution in [0.25, 0.3) is 0 Å². The van der Waals surface area contributed by atoms with Crippen LogP contribution < -0.4 is 0 Å². The normalized spacial score (nSPS) is 10.3. The minimum absolute atomic E-state index is 0.0984. The third-order valence-electron chi connectivity index (χ3n) is 2.02. The van der Waals surface area contributed by atoms with Gasteiger partial charge in [0.15, 0.2) is 0 Å². The molecule has 0 bridgehead atoms. The Kier molecular flexibility index (Phi) is 3.80. The van der Waals surface area contributed by atoms with E-state index in [-0.39, 0.29) is 11.6 Å². The van der Waals surface area contributed by atoms with E-state index in [4.69, 9.17) is 0 Å². The van der Waals surface area contributed by atoms with Crippen molar-refractivity contribution in [2.75, 3.05) is 0 Å². The lowest BCUT2D eigenvalue weighted by Gasteiger charge is -2.10. The van der Waals surface area contributed by atoms with Crippen molar-refractivity contribution in [1.29, 1.82) is 0 Å². The Hall–Kier alpha value is -0.710. The summed E-state index contributed by atoms with van der Waals surface area (Å²) < 4.78 is 1.09. The van der Waals surface area contributed by atoms with E-state index >= 15 is 0 Å². The highest BCUT2D eigenvalue weighted by Crippen LogP contribution is 2.19. The molecule has 14 heavy (non-hydrogen) atoms. The molecule has 1 aromatic carbocycles. The Morgan fingerprint density at radius 1 is 1.07 bits per heavy atom. The minimum atomic E-state index is -0.591. The van der Waals surface area contributed by atoms with Crippen molar-refractivity contribution < 1.29 is 9.59 Å². The van der Waals surface area contributed by atoms with Crippen LogP contribution in [0.4, 0.5) is 0 Å². The first-order chi connectivity index (χ1) is 6.52. The number of halogens is 1. The summed E-state index contributed by atoms with van der Waals surface area (Å²) in [6.07, 6.45) is 0. The van der Waals surface area contributed by atoms with Gasteiger partial charge in [0.25, 0.3) is 0 Å². The van der Waals surface area contributed by atoms with Crippen molar-refractivity contribution in [3.8, 4) is 0 Å². The second-order valence-corrected chi connectivity index (χ2v) is 4.45. The molecule has 0 aromatic heterocycles. The summed E-state index contributed by atoms with van der Waals surface area (Å²) in [6, 6.07) is 7.45. The van der Waals surface area contributed by atoms with Crippen LogP contribution in [0, 0.1) is 3.57 Å². The van der Waals surface area contributed by atoms with Gasteiger partial charge in [0, 0.05) is 3.57 Å². The Bertz CT molecular complexity index is 340. The van der Waals surface area contributed by atoms with Gasteiger partial charge in [-0.15, -0.1) is 0 Å². The third kappa shape index (κ3) is 2.64. The highest BCUT2D eigenvalue weighted by Gasteiger charge is 2.21. The fourth-order valence-electron chi connectivity index (χ4n) is 1.41. The lowest BCUT2D eigenvalue weighted by Crippen LogP contribution is -2.16. The first-order valence-electron chi connectivity index (χ1n) is 4.28. The molecule has 3 heteroatoms. The summed E-state index contributed by atoms with van der Waals surface area (Å²) in [6.45, 7) is 2.90. The summed E-state index contributed by atoms with van der Waals surface area (Å²) in [5.41, 5.74) is 0.783. The highest BCUT2D eigenvalue weighted by atomic mass is 127. The average molecular weight is 302 g/mol. The van der Waals surface area contributed by atoms with Gasteiger partial charge >= 0.3 is 0 Å². The van der Waals surface area contributed by atoms with Crippen LogP contribution in [0.5, 0.6) is 0 Å². The maximum absolute atomic E-state index is 11.2. The van der Waals surface area contributed by atoms with Gasteiger partial charge in [-0.3, -0.25) is 9.59 Å². The van der Waals surface area contributed by atoms with Crippen LogP contribution in [0.15, 0.2) is 24.3 Å². The van der Waals surface area contributed by atoms with Crippen molar-refractivity contribution in [1.82, 2.24) is 0 Å². The van der Waals surface area contributed by atoms with E-state index in [2.05, 4.69) is 22.6 Å². The average Bonchev–Trinajstić information content (AvgIpc) is 2.07. The maximum Gasteiger partial charge on any atom is 0.144 e. The lowest BCUT2D eigenvalue weighted by molar-refractivity contribution is -0.126. The standard InChI is InChI=1S/C11H11IO2/c1-7(13)11(8(2)14)9-3-5-10(12)6-4-9/h3-6,11H,1-2H3. The highest BCUT2D eigenvalue weighted by molar-refractivity contribution is 14.1. The quantitative estimate of drug-likeness (QED) is 0.635.